The van der Waals surface area contributed by atoms with Gasteiger partial charge >= 0.3 is 0 Å². The second kappa shape index (κ2) is 12.0. The highest BCUT2D eigenvalue weighted by atomic mass is 32.1. The molecule has 0 amide bonds. The number of hydrogen-bond donors (Lipinski definition) is 1. The van der Waals surface area contributed by atoms with Crippen LogP contribution in [0, 0.1) is 0 Å². The van der Waals surface area contributed by atoms with Crippen molar-refractivity contribution in [2.45, 2.75) is 84.2 Å². The molecule has 0 aromatic heterocycles. The third kappa shape index (κ3) is 6.62. The molecule has 0 N–H and O–H groups in total. The minimum atomic E-state index is 0.422. The lowest BCUT2D eigenvalue weighted by Gasteiger charge is -2.32. The number of benzene rings is 1. The van der Waals surface area contributed by atoms with E-state index in [2.05, 4.69) is 69.5 Å². The normalized spacial score (nSPS) is 14.3. The molecule has 1 aromatic carbocycles. The van der Waals surface area contributed by atoms with Crippen molar-refractivity contribution < 1.29 is 0 Å². The first-order chi connectivity index (χ1) is 12.0. The van der Waals surface area contributed by atoms with E-state index in [4.69, 9.17) is 12.6 Å². The van der Waals surface area contributed by atoms with Gasteiger partial charge in [-0.2, -0.15) is 0 Å². The Morgan fingerprint density at radius 1 is 0.760 bits per heavy atom. The summed E-state index contributed by atoms with van der Waals surface area (Å²) in [5.41, 5.74) is 2.80. The van der Waals surface area contributed by atoms with E-state index in [1.165, 1.54) is 49.9 Å². The van der Waals surface area contributed by atoms with E-state index >= 15 is 0 Å². The Labute approximate surface area is 162 Å². The predicted octanol–water partition coefficient (Wildman–Crippen LogP) is 6.34. The van der Waals surface area contributed by atoms with Gasteiger partial charge in [-0.15, -0.1) is 12.6 Å². The van der Waals surface area contributed by atoms with E-state index < -0.39 is 0 Å². The lowest BCUT2D eigenvalue weighted by molar-refractivity contribution is 0.204. The molecule has 0 saturated carbocycles. The van der Waals surface area contributed by atoms with Gasteiger partial charge in [0.25, 0.3) is 0 Å². The summed E-state index contributed by atoms with van der Waals surface area (Å²) in [6.45, 7) is 18.4. The standard InChI is InChI=1S/C22H40N2S/c1-7-13-23(14-8-2)18(5)20-11-12-22(25)21(17-20)19(6)24(15-9-3)16-10-4/h11-12,17-19,25H,7-10,13-16H2,1-6H3. The molecule has 3 heteroatoms. The van der Waals surface area contributed by atoms with Gasteiger partial charge in [0, 0.05) is 17.0 Å². The smallest absolute Gasteiger partial charge is 0.0330 e. The third-order valence-corrected chi connectivity index (χ3v) is 5.53. The van der Waals surface area contributed by atoms with Crippen LogP contribution in [-0.4, -0.2) is 36.0 Å². The molecule has 0 aliphatic carbocycles. The van der Waals surface area contributed by atoms with Crippen LogP contribution >= 0.6 is 12.6 Å². The van der Waals surface area contributed by atoms with Crippen LogP contribution in [0.3, 0.4) is 0 Å². The van der Waals surface area contributed by atoms with Crippen LogP contribution in [0.5, 0.6) is 0 Å². The van der Waals surface area contributed by atoms with Crippen LogP contribution in [0.1, 0.15) is 90.4 Å². The van der Waals surface area contributed by atoms with Gasteiger partial charge in [-0.3, -0.25) is 9.80 Å². The molecule has 0 bridgehead atoms. The van der Waals surface area contributed by atoms with Gasteiger partial charge in [-0.1, -0.05) is 39.8 Å². The van der Waals surface area contributed by atoms with Crippen LogP contribution < -0.4 is 0 Å². The summed E-state index contributed by atoms with van der Waals surface area (Å²) in [7, 11) is 0. The molecule has 1 rings (SSSR count). The van der Waals surface area contributed by atoms with E-state index in [0.29, 0.717) is 12.1 Å². The summed E-state index contributed by atoms with van der Waals surface area (Å²) >= 11 is 4.78. The van der Waals surface area contributed by atoms with Gasteiger partial charge in [0.2, 0.25) is 0 Å². The minimum absolute atomic E-state index is 0.422. The Hall–Kier alpha value is -0.510. The highest BCUT2D eigenvalue weighted by Crippen LogP contribution is 2.31. The number of hydrogen-bond acceptors (Lipinski definition) is 3. The summed E-state index contributed by atoms with van der Waals surface area (Å²) in [5.74, 6) is 0. The first kappa shape index (κ1) is 22.5. The topological polar surface area (TPSA) is 6.48 Å². The molecule has 0 spiro atoms. The zero-order valence-electron chi connectivity index (χ0n) is 17.4. The number of thiol groups is 1. The average molecular weight is 365 g/mol. The Kier molecular flexibility index (Phi) is 10.8. The fraction of sp³-hybridized carbons (Fsp3) is 0.727. The zero-order chi connectivity index (χ0) is 18.8. The van der Waals surface area contributed by atoms with Crippen molar-refractivity contribution in [3.8, 4) is 0 Å². The molecule has 0 aliphatic rings. The van der Waals surface area contributed by atoms with Crippen LogP contribution in [0.2, 0.25) is 0 Å². The molecule has 0 aliphatic heterocycles. The SMILES string of the molecule is CCCN(CCC)C(C)c1ccc(S)c(C(C)N(CCC)CCC)c1. The van der Waals surface area contributed by atoms with Crippen molar-refractivity contribution in [2.24, 2.45) is 0 Å². The molecular weight excluding hydrogens is 324 g/mol. The molecule has 0 fully saturated rings. The molecule has 2 unspecified atom stereocenters. The maximum absolute atomic E-state index is 4.78. The molecule has 2 nitrogen and oxygen atoms in total. The lowest BCUT2D eigenvalue weighted by Crippen LogP contribution is -2.30. The summed E-state index contributed by atoms with van der Waals surface area (Å²) in [6.07, 6.45) is 4.81. The Morgan fingerprint density at radius 2 is 1.20 bits per heavy atom. The second-order valence-corrected chi connectivity index (χ2v) is 7.72. The number of nitrogens with zero attached hydrogens (tertiary/aromatic N) is 2. The van der Waals surface area contributed by atoms with Crippen LogP contribution in [0.4, 0.5) is 0 Å². The third-order valence-electron chi connectivity index (χ3n) is 5.12. The highest BCUT2D eigenvalue weighted by Gasteiger charge is 2.20. The van der Waals surface area contributed by atoms with E-state index in [1.54, 1.807) is 0 Å². The van der Waals surface area contributed by atoms with Crippen molar-refractivity contribution in [3.63, 3.8) is 0 Å². The summed E-state index contributed by atoms with van der Waals surface area (Å²) < 4.78 is 0. The van der Waals surface area contributed by atoms with Crippen LogP contribution in [-0.2, 0) is 0 Å². The first-order valence-electron chi connectivity index (χ1n) is 10.3. The van der Waals surface area contributed by atoms with Crippen molar-refractivity contribution in [1.29, 1.82) is 0 Å². The van der Waals surface area contributed by atoms with Crippen LogP contribution in [0.25, 0.3) is 0 Å². The van der Waals surface area contributed by atoms with Crippen molar-refractivity contribution in [3.05, 3.63) is 29.3 Å². The van der Waals surface area contributed by atoms with Crippen molar-refractivity contribution in [1.82, 2.24) is 9.80 Å². The van der Waals surface area contributed by atoms with E-state index in [9.17, 15) is 0 Å². The largest absolute Gasteiger partial charge is 0.297 e. The fourth-order valence-electron chi connectivity index (χ4n) is 3.72. The molecular formula is C22H40N2S. The van der Waals surface area contributed by atoms with E-state index in [1.807, 2.05) is 0 Å². The van der Waals surface area contributed by atoms with Gasteiger partial charge in [-0.25, -0.2) is 0 Å². The first-order valence-corrected chi connectivity index (χ1v) is 10.8. The molecule has 1 aromatic rings. The monoisotopic (exact) mass is 364 g/mol. The molecule has 0 heterocycles. The molecule has 0 radical (unpaired) electrons. The average Bonchev–Trinajstić information content (AvgIpc) is 2.60. The lowest BCUT2D eigenvalue weighted by atomic mass is 9.99. The Morgan fingerprint density at radius 3 is 1.64 bits per heavy atom. The summed E-state index contributed by atoms with van der Waals surface area (Å²) in [5, 5.41) is 0. The maximum Gasteiger partial charge on any atom is 0.0330 e. The fourth-order valence-corrected chi connectivity index (χ4v) is 4.05. The highest BCUT2D eigenvalue weighted by molar-refractivity contribution is 7.80. The van der Waals surface area contributed by atoms with E-state index in [0.717, 1.165) is 18.0 Å². The van der Waals surface area contributed by atoms with Gasteiger partial charge in [0.05, 0.1) is 0 Å². The summed E-state index contributed by atoms with van der Waals surface area (Å²) in [4.78, 5) is 6.33. The van der Waals surface area contributed by atoms with Gasteiger partial charge in [-0.05, 0) is 82.9 Å². The molecule has 2 atom stereocenters. The quantitative estimate of drug-likeness (QED) is 0.432. The van der Waals surface area contributed by atoms with Crippen LogP contribution in [0.15, 0.2) is 23.1 Å². The molecule has 25 heavy (non-hydrogen) atoms. The minimum Gasteiger partial charge on any atom is -0.297 e. The molecule has 144 valence electrons. The zero-order valence-corrected chi connectivity index (χ0v) is 18.3. The van der Waals surface area contributed by atoms with Crippen molar-refractivity contribution >= 4 is 12.6 Å². The van der Waals surface area contributed by atoms with Crippen molar-refractivity contribution in [2.75, 3.05) is 26.2 Å². The van der Waals surface area contributed by atoms with Gasteiger partial charge in [0.15, 0.2) is 0 Å². The molecule has 0 saturated heterocycles. The Bertz CT molecular complexity index is 477. The predicted molar refractivity (Wildman–Crippen MR) is 115 cm³/mol. The Balaban J connectivity index is 3.08. The van der Waals surface area contributed by atoms with Gasteiger partial charge < -0.3 is 0 Å². The second-order valence-electron chi connectivity index (χ2n) is 7.24. The van der Waals surface area contributed by atoms with Gasteiger partial charge in [0.1, 0.15) is 0 Å². The maximum atomic E-state index is 4.78. The number of rotatable bonds is 12. The van der Waals surface area contributed by atoms with E-state index in [-0.39, 0.29) is 0 Å². The summed E-state index contributed by atoms with van der Waals surface area (Å²) in [6, 6.07) is 7.77.